The third-order valence-electron chi connectivity index (χ3n) is 6.77. The van der Waals surface area contributed by atoms with E-state index in [-0.39, 0.29) is 11.8 Å². The second-order valence-electron chi connectivity index (χ2n) is 8.84. The van der Waals surface area contributed by atoms with Gasteiger partial charge in [0, 0.05) is 35.5 Å². The van der Waals surface area contributed by atoms with Crippen molar-refractivity contribution in [2.45, 2.75) is 38.1 Å². The van der Waals surface area contributed by atoms with Gasteiger partial charge in [0.05, 0.1) is 14.2 Å². The van der Waals surface area contributed by atoms with E-state index in [0.717, 1.165) is 6.54 Å². The summed E-state index contributed by atoms with van der Waals surface area (Å²) in [4.78, 5) is 28.0. The molecule has 0 radical (unpaired) electrons. The summed E-state index contributed by atoms with van der Waals surface area (Å²) in [7, 11) is 3.08. The Kier molecular flexibility index (Phi) is 7.50. The van der Waals surface area contributed by atoms with Gasteiger partial charge in [-0.05, 0) is 81.1 Å². The van der Waals surface area contributed by atoms with E-state index in [1.165, 1.54) is 45.2 Å². The quantitative estimate of drug-likeness (QED) is 0.666. The third kappa shape index (κ3) is 5.66. The lowest BCUT2D eigenvalue weighted by molar-refractivity contribution is 0.0575. The molecule has 2 amide bonds. The molecule has 2 atom stereocenters. The van der Waals surface area contributed by atoms with E-state index < -0.39 is 0 Å². The zero-order chi connectivity index (χ0) is 23.2. The first-order valence-electron chi connectivity index (χ1n) is 11.7. The van der Waals surface area contributed by atoms with Crippen LogP contribution in [0.2, 0.25) is 0 Å². The normalized spacial score (nSPS) is 20.4. The molecule has 0 aromatic heterocycles. The highest BCUT2D eigenvalue weighted by molar-refractivity contribution is 6.05. The lowest BCUT2D eigenvalue weighted by atomic mass is 9.83. The number of nitrogens with one attached hydrogen (secondary N) is 2. The van der Waals surface area contributed by atoms with Gasteiger partial charge in [-0.3, -0.25) is 9.59 Å². The Bertz CT molecular complexity index is 952. The van der Waals surface area contributed by atoms with Gasteiger partial charge in [0.25, 0.3) is 11.8 Å². The number of piperidine rings is 2. The Morgan fingerprint density at radius 3 is 2.27 bits per heavy atom. The summed E-state index contributed by atoms with van der Waals surface area (Å²) in [5.41, 5.74) is 1.63. The van der Waals surface area contributed by atoms with Gasteiger partial charge in [-0.1, -0.05) is 6.42 Å². The Balaban J connectivity index is 1.33. The standard InChI is InChI=1S/C26H33N3O4/c1-32-22-14-20(15-23(16-22)33-2)26(31)28-21-10-8-18(9-11-21)25(30)27-17-19-6-5-13-29-12-4-3-7-24(19)29/h8-11,14-16,19,24H,3-7,12-13,17H2,1-2H3,(H,27,30)(H,28,31)/t19-,24-/m1/s1. The molecule has 2 aromatic rings. The summed E-state index contributed by atoms with van der Waals surface area (Å²) < 4.78 is 10.5. The predicted octanol–water partition coefficient (Wildman–Crippen LogP) is 3.95. The maximum atomic E-state index is 12.7. The van der Waals surface area contributed by atoms with Gasteiger partial charge in [-0.25, -0.2) is 0 Å². The van der Waals surface area contributed by atoms with E-state index >= 15 is 0 Å². The Morgan fingerprint density at radius 2 is 1.58 bits per heavy atom. The lowest BCUT2D eigenvalue weighted by Crippen LogP contribution is -2.51. The molecule has 0 aliphatic carbocycles. The number of carbonyl (C=O) groups is 2. The number of methoxy groups -OCH3 is 2. The summed E-state index contributed by atoms with van der Waals surface area (Å²) in [6.45, 7) is 3.12. The SMILES string of the molecule is COc1cc(OC)cc(C(=O)Nc2ccc(C(=O)NC[C@H]3CCCN4CCCC[C@H]34)cc2)c1. The molecule has 0 unspecified atom stereocenters. The molecule has 2 N–H and O–H groups in total. The minimum Gasteiger partial charge on any atom is -0.497 e. The Labute approximate surface area is 195 Å². The van der Waals surface area contributed by atoms with Gasteiger partial charge in [0.1, 0.15) is 11.5 Å². The Morgan fingerprint density at radius 1 is 0.879 bits per heavy atom. The highest BCUT2D eigenvalue weighted by atomic mass is 16.5. The van der Waals surface area contributed by atoms with Crippen LogP contribution in [0.15, 0.2) is 42.5 Å². The van der Waals surface area contributed by atoms with Crippen molar-refractivity contribution in [1.82, 2.24) is 10.2 Å². The zero-order valence-corrected chi connectivity index (χ0v) is 19.4. The van der Waals surface area contributed by atoms with Crippen molar-refractivity contribution in [3.05, 3.63) is 53.6 Å². The molecule has 7 heteroatoms. The van der Waals surface area contributed by atoms with Gasteiger partial charge in [-0.2, -0.15) is 0 Å². The van der Waals surface area contributed by atoms with Gasteiger partial charge >= 0.3 is 0 Å². The average molecular weight is 452 g/mol. The van der Waals surface area contributed by atoms with E-state index in [1.54, 1.807) is 56.7 Å². The van der Waals surface area contributed by atoms with Crippen molar-refractivity contribution >= 4 is 17.5 Å². The van der Waals surface area contributed by atoms with E-state index in [1.807, 2.05) is 0 Å². The largest absolute Gasteiger partial charge is 0.497 e. The molecule has 2 heterocycles. The molecule has 0 saturated carbocycles. The minimum absolute atomic E-state index is 0.0710. The lowest BCUT2D eigenvalue weighted by Gasteiger charge is -2.44. The first-order chi connectivity index (χ1) is 16.1. The first kappa shape index (κ1) is 23.1. The molecule has 176 valence electrons. The number of hydrogen-bond donors (Lipinski definition) is 2. The first-order valence-corrected chi connectivity index (χ1v) is 11.7. The number of fused-ring (bicyclic) bond motifs is 1. The van der Waals surface area contributed by atoms with Crippen molar-refractivity contribution < 1.29 is 19.1 Å². The van der Waals surface area contributed by atoms with Crippen molar-refractivity contribution in [2.75, 3.05) is 39.2 Å². The number of nitrogens with zero attached hydrogens (tertiary/aromatic N) is 1. The van der Waals surface area contributed by atoms with Crippen LogP contribution >= 0.6 is 0 Å². The maximum absolute atomic E-state index is 12.7. The second kappa shape index (κ2) is 10.7. The van der Waals surface area contributed by atoms with Crippen LogP contribution in [0.3, 0.4) is 0 Å². The van der Waals surface area contributed by atoms with Crippen molar-refractivity contribution in [1.29, 1.82) is 0 Å². The number of benzene rings is 2. The molecule has 2 aromatic carbocycles. The molecule has 4 rings (SSSR count). The molecule has 2 saturated heterocycles. The predicted molar refractivity (Wildman–Crippen MR) is 128 cm³/mol. The fraction of sp³-hybridized carbons (Fsp3) is 0.462. The maximum Gasteiger partial charge on any atom is 0.255 e. The molecule has 33 heavy (non-hydrogen) atoms. The highest BCUT2D eigenvalue weighted by Gasteiger charge is 2.32. The van der Waals surface area contributed by atoms with Gasteiger partial charge < -0.3 is 25.0 Å². The van der Waals surface area contributed by atoms with Crippen LogP contribution in [0, 0.1) is 5.92 Å². The molecule has 2 aliphatic heterocycles. The number of carbonyl (C=O) groups excluding carboxylic acids is 2. The van der Waals surface area contributed by atoms with E-state index in [4.69, 9.17) is 9.47 Å². The molecule has 2 fully saturated rings. The molecule has 0 bridgehead atoms. The van der Waals surface area contributed by atoms with Crippen LogP contribution in [-0.2, 0) is 0 Å². The highest BCUT2D eigenvalue weighted by Crippen LogP contribution is 2.30. The Hall–Kier alpha value is -3.06. The number of anilines is 1. The van der Waals surface area contributed by atoms with E-state index in [0.29, 0.717) is 40.3 Å². The van der Waals surface area contributed by atoms with Crippen LogP contribution in [-0.4, -0.2) is 56.6 Å². The minimum atomic E-state index is -0.279. The number of ether oxygens (including phenoxy) is 2. The van der Waals surface area contributed by atoms with Crippen LogP contribution < -0.4 is 20.1 Å². The number of hydrogen-bond acceptors (Lipinski definition) is 5. The summed E-state index contributed by atoms with van der Waals surface area (Å²) in [5.74, 6) is 1.26. The topological polar surface area (TPSA) is 79.9 Å². The van der Waals surface area contributed by atoms with Crippen LogP contribution in [0.1, 0.15) is 52.8 Å². The summed E-state index contributed by atoms with van der Waals surface area (Å²) in [6.07, 6.45) is 6.23. The fourth-order valence-electron chi connectivity index (χ4n) is 4.99. The van der Waals surface area contributed by atoms with E-state index in [9.17, 15) is 9.59 Å². The fourth-order valence-corrected chi connectivity index (χ4v) is 4.99. The molecule has 0 spiro atoms. The average Bonchev–Trinajstić information content (AvgIpc) is 2.87. The van der Waals surface area contributed by atoms with Crippen molar-refractivity contribution in [3.8, 4) is 11.5 Å². The van der Waals surface area contributed by atoms with Crippen LogP contribution in [0.25, 0.3) is 0 Å². The molecular formula is C26H33N3O4. The number of amides is 2. The summed E-state index contributed by atoms with van der Waals surface area (Å²) in [6, 6.07) is 12.6. The van der Waals surface area contributed by atoms with Crippen molar-refractivity contribution in [3.63, 3.8) is 0 Å². The number of rotatable bonds is 7. The summed E-state index contributed by atoms with van der Waals surface area (Å²) in [5, 5.41) is 5.99. The molecule has 7 nitrogen and oxygen atoms in total. The molecule has 2 aliphatic rings. The zero-order valence-electron chi connectivity index (χ0n) is 19.4. The monoisotopic (exact) mass is 451 g/mol. The van der Waals surface area contributed by atoms with Crippen molar-refractivity contribution in [2.24, 2.45) is 5.92 Å². The van der Waals surface area contributed by atoms with Crippen LogP contribution in [0.5, 0.6) is 11.5 Å². The van der Waals surface area contributed by atoms with E-state index in [2.05, 4.69) is 15.5 Å². The third-order valence-corrected chi connectivity index (χ3v) is 6.77. The van der Waals surface area contributed by atoms with Gasteiger partial charge in [0.2, 0.25) is 0 Å². The van der Waals surface area contributed by atoms with Gasteiger partial charge in [-0.15, -0.1) is 0 Å². The van der Waals surface area contributed by atoms with Crippen LogP contribution in [0.4, 0.5) is 5.69 Å². The smallest absolute Gasteiger partial charge is 0.255 e. The second-order valence-corrected chi connectivity index (χ2v) is 8.84. The van der Waals surface area contributed by atoms with Gasteiger partial charge in [0.15, 0.2) is 0 Å². The molecular weight excluding hydrogens is 418 g/mol. The summed E-state index contributed by atoms with van der Waals surface area (Å²) >= 11 is 0.